The largest absolute Gasteiger partial charge is 0.352 e. The second kappa shape index (κ2) is 6.88. The van der Waals surface area contributed by atoms with Gasteiger partial charge in [-0.3, -0.25) is 9.59 Å². The van der Waals surface area contributed by atoms with Gasteiger partial charge in [-0.25, -0.2) is 10.1 Å². The predicted molar refractivity (Wildman–Crippen MR) is 94.7 cm³/mol. The number of hydrogen-bond donors (Lipinski definition) is 2. The summed E-state index contributed by atoms with van der Waals surface area (Å²) in [6, 6.07) is 9.29. The molecule has 2 amide bonds. The number of carbonyl (C=O) groups excluding carboxylic acids is 2. The van der Waals surface area contributed by atoms with Crippen molar-refractivity contribution in [2.24, 2.45) is 11.0 Å². The lowest BCUT2D eigenvalue weighted by Gasteiger charge is -2.10. The van der Waals surface area contributed by atoms with E-state index in [1.54, 1.807) is 12.1 Å². The van der Waals surface area contributed by atoms with Crippen LogP contribution in [0.5, 0.6) is 0 Å². The Labute approximate surface area is 146 Å². The maximum Gasteiger partial charge on any atom is 0.251 e. The van der Waals surface area contributed by atoms with Gasteiger partial charge >= 0.3 is 0 Å². The summed E-state index contributed by atoms with van der Waals surface area (Å²) in [6.45, 7) is 6.17. The highest BCUT2D eigenvalue weighted by molar-refractivity contribution is 6.06. The summed E-state index contributed by atoms with van der Waals surface area (Å²) in [4.78, 5) is 23.8. The van der Waals surface area contributed by atoms with Gasteiger partial charge in [0.05, 0.1) is 17.3 Å². The molecule has 0 fully saturated rings. The van der Waals surface area contributed by atoms with Crippen LogP contribution in [-0.4, -0.2) is 33.9 Å². The first-order valence-electron chi connectivity index (χ1n) is 8.21. The number of amides is 2. The zero-order chi connectivity index (χ0) is 18.0. The normalized spacial score (nSPS) is 16.5. The first-order chi connectivity index (χ1) is 12.0. The molecule has 0 radical (unpaired) electrons. The van der Waals surface area contributed by atoms with Crippen molar-refractivity contribution in [2.75, 3.05) is 6.54 Å². The van der Waals surface area contributed by atoms with Gasteiger partial charge in [0, 0.05) is 23.5 Å². The van der Waals surface area contributed by atoms with Crippen molar-refractivity contribution in [1.29, 1.82) is 0 Å². The summed E-state index contributed by atoms with van der Waals surface area (Å²) in [5, 5.41) is 11.2. The highest BCUT2D eigenvalue weighted by atomic mass is 16.2. The smallest absolute Gasteiger partial charge is 0.251 e. The molecule has 7 heteroatoms. The molecule has 2 N–H and O–H groups in total. The van der Waals surface area contributed by atoms with Gasteiger partial charge in [-0.05, 0) is 57.5 Å². The van der Waals surface area contributed by atoms with Crippen molar-refractivity contribution >= 4 is 17.5 Å². The van der Waals surface area contributed by atoms with Gasteiger partial charge < -0.3 is 5.32 Å². The molecule has 25 heavy (non-hydrogen) atoms. The Balaban J connectivity index is 1.58. The summed E-state index contributed by atoms with van der Waals surface area (Å²) in [7, 11) is 0. The summed E-state index contributed by atoms with van der Waals surface area (Å²) < 4.78 is 1.85. The molecule has 2 heterocycles. The Morgan fingerprint density at radius 3 is 2.52 bits per heavy atom. The van der Waals surface area contributed by atoms with Crippen LogP contribution < -0.4 is 10.7 Å². The van der Waals surface area contributed by atoms with Gasteiger partial charge in [-0.2, -0.15) is 10.2 Å². The first-order valence-corrected chi connectivity index (χ1v) is 8.21. The van der Waals surface area contributed by atoms with Gasteiger partial charge in [-0.15, -0.1) is 0 Å². The maximum absolute atomic E-state index is 12.2. The van der Waals surface area contributed by atoms with Gasteiger partial charge in [0.2, 0.25) is 5.91 Å². The third-order valence-corrected chi connectivity index (χ3v) is 4.27. The van der Waals surface area contributed by atoms with Crippen molar-refractivity contribution in [3.05, 3.63) is 47.3 Å². The zero-order valence-corrected chi connectivity index (χ0v) is 14.5. The fraction of sp³-hybridized carbons (Fsp3) is 0.333. The number of nitrogens with zero attached hydrogens (tertiary/aromatic N) is 3. The predicted octanol–water partition coefficient (Wildman–Crippen LogP) is 1.73. The van der Waals surface area contributed by atoms with Crippen LogP contribution in [0.15, 0.2) is 35.4 Å². The number of hydrazone groups is 1. The number of hydrogen-bond acceptors (Lipinski definition) is 4. The van der Waals surface area contributed by atoms with Crippen molar-refractivity contribution in [2.45, 2.75) is 27.2 Å². The summed E-state index contributed by atoms with van der Waals surface area (Å²) in [6.07, 6.45) is 0.538. The molecule has 1 aromatic heterocycles. The molecule has 1 aliphatic rings. The molecule has 0 saturated carbocycles. The molecule has 1 aliphatic heterocycles. The standard InChI is InChI=1S/C18H21N5O2/c1-11-10-12(2)23(22-11)15-6-4-14(5-7-15)17(24)19-9-8-16-13(3)20-21-18(16)25/h4-7,10,16H,8-9H2,1-3H3,(H,19,24)(H,21,25)/t16-/m1/s1. The van der Waals surface area contributed by atoms with Crippen LogP contribution in [0.1, 0.15) is 35.1 Å². The highest BCUT2D eigenvalue weighted by Gasteiger charge is 2.26. The van der Waals surface area contributed by atoms with E-state index < -0.39 is 0 Å². The number of aromatic nitrogens is 2. The van der Waals surface area contributed by atoms with Crippen LogP contribution in [-0.2, 0) is 4.79 Å². The lowest BCUT2D eigenvalue weighted by molar-refractivity contribution is -0.122. The SMILES string of the molecule is CC1=NNC(=O)[C@@H]1CCNC(=O)c1ccc(-n2nc(C)cc2C)cc1. The molecular weight excluding hydrogens is 318 g/mol. The topological polar surface area (TPSA) is 88.4 Å². The van der Waals surface area contributed by atoms with Crippen LogP contribution >= 0.6 is 0 Å². The Kier molecular flexibility index (Phi) is 4.65. The number of rotatable bonds is 5. The molecule has 130 valence electrons. The van der Waals surface area contributed by atoms with E-state index in [9.17, 15) is 9.59 Å². The molecule has 3 rings (SSSR count). The minimum absolute atomic E-state index is 0.110. The summed E-state index contributed by atoms with van der Waals surface area (Å²) in [5.41, 5.74) is 6.69. The third-order valence-electron chi connectivity index (χ3n) is 4.27. The minimum Gasteiger partial charge on any atom is -0.352 e. The number of benzene rings is 1. The van der Waals surface area contributed by atoms with Crippen LogP contribution in [0.4, 0.5) is 0 Å². The Bertz CT molecular complexity index is 836. The van der Waals surface area contributed by atoms with Crippen molar-refractivity contribution in [3.8, 4) is 5.69 Å². The molecule has 0 spiro atoms. The van der Waals surface area contributed by atoms with Crippen LogP contribution in [0, 0.1) is 19.8 Å². The summed E-state index contributed by atoms with van der Waals surface area (Å²) in [5.74, 6) is -0.525. The van der Waals surface area contributed by atoms with E-state index in [0.717, 1.165) is 22.8 Å². The number of aryl methyl sites for hydroxylation is 2. The van der Waals surface area contributed by atoms with Crippen molar-refractivity contribution in [3.63, 3.8) is 0 Å². The van der Waals surface area contributed by atoms with E-state index in [2.05, 4.69) is 20.9 Å². The second-order valence-corrected chi connectivity index (χ2v) is 6.21. The molecule has 0 unspecified atom stereocenters. The molecule has 0 saturated heterocycles. The van der Waals surface area contributed by atoms with E-state index in [4.69, 9.17) is 0 Å². The Morgan fingerprint density at radius 2 is 1.96 bits per heavy atom. The Hall–Kier alpha value is -2.96. The minimum atomic E-state index is -0.256. The fourth-order valence-electron chi connectivity index (χ4n) is 2.91. The molecular formula is C18H21N5O2. The van der Waals surface area contributed by atoms with Crippen molar-refractivity contribution < 1.29 is 9.59 Å². The molecule has 2 aromatic rings. The van der Waals surface area contributed by atoms with Crippen molar-refractivity contribution in [1.82, 2.24) is 20.5 Å². The number of nitrogens with one attached hydrogen (secondary N) is 2. The molecule has 1 atom stereocenters. The quantitative estimate of drug-likeness (QED) is 0.869. The lowest BCUT2D eigenvalue weighted by Crippen LogP contribution is -2.30. The van der Waals surface area contributed by atoms with E-state index in [-0.39, 0.29) is 17.7 Å². The van der Waals surface area contributed by atoms with Gasteiger partial charge in [0.15, 0.2) is 0 Å². The fourth-order valence-corrected chi connectivity index (χ4v) is 2.91. The van der Waals surface area contributed by atoms with Crippen LogP contribution in [0.25, 0.3) is 5.69 Å². The number of carbonyl (C=O) groups is 2. The van der Waals surface area contributed by atoms with E-state index in [0.29, 0.717) is 18.5 Å². The average Bonchev–Trinajstić information content (AvgIpc) is 3.10. The highest BCUT2D eigenvalue weighted by Crippen LogP contribution is 2.14. The second-order valence-electron chi connectivity index (χ2n) is 6.21. The molecule has 0 bridgehead atoms. The molecule has 1 aromatic carbocycles. The van der Waals surface area contributed by atoms with E-state index >= 15 is 0 Å². The lowest BCUT2D eigenvalue weighted by atomic mass is 10.0. The van der Waals surface area contributed by atoms with Gasteiger partial charge in [0.25, 0.3) is 5.91 Å². The Morgan fingerprint density at radius 1 is 1.24 bits per heavy atom. The zero-order valence-electron chi connectivity index (χ0n) is 14.5. The maximum atomic E-state index is 12.2. The van der Waals surface area contributed by atoms with Gasteiger partial charge in [0.1, 0.15) is 0 Å². The van der Waals surface area contributed by atoms with Crippen LogP contribution in [0.2, 0.25) is 0 Å². The van der Waals surface area contributed by atoms with E-state index in [1.165, 1.54) is 0 Å². The molecule has 0 aliphatic carbocycles. The average molecular weight is 339 g/mol. The first kappa shape index (κ1) is 16.9. The summed E-state index contributed by atoms with van der Waals surface area (Å²) >= 11 is 0. The van der Waals surface area contributed by atoms with Crippen LogP contribution in [0.3, 0.4) is 0 Å². The third kappa shape index (κ3) is 3.60. The molecule has 7 nitrogen and oxygen atoms in total. The monoisotopic (exact) mass is 339 g/mol. The van der Waals surface area contributed by atoms with Gasteiger partial charge in [-0.1, -0.05) is 0 Å². The van der Waals surface area contributed by atoms with E-state index in [1.807, 2.05) is 43.7 Å².